The van der Waals surface area contributed by atoms with E-state index in [0.717, 1.165) is 6.54 Å². The maximum absolute atomic E-state index is 3.41. The third kappa shape index (κ3) is 5.74. The molecule has 0 saturated heterocycles. The summed E-state index contributed by atoms with van der Waals surface area (Å²) in [5, 5.41) is 0.733. The molecule has 0 unspecified atom stereocenters. The Hall–Kier alpha value is -1.01. The largest absolute Gasteiger partial charge is 0.346 e. The van der Waals surface area contributed by atoms with Crippen molar-refractivity contribution in [1.29, 1.82) is 0 Å². The minimum atomic E-state index is -0.104. The summed E-state index contributed by atoms with van der Waals surface area (Å²) in [6.07, 6.45) is 7.82. The zero-order chi connectivity index (χ0) is 18.7. The quantitative estimate of drug-likeness (QED) is 0.525. The van der Waals surface area contributed by atoms with Gasteiger partial charge in [-0.1, -0.05) is 74.9 Å². The van der Waals surface area contributed by atoms with Crippen LogP contribution in [-0.4, -0.2) is 21.8 Å². The van der Waals surface area contributed by atoms with Crippen molar-refractivity contribution >= 4 is 13.6 Å². The van der Waals surface area contributed by atoms with Crippen molar-refractivity contribution in [2.45, 2.75) is 77.8 Å². The summed E-state index contributed by atoms with van der Waals surface area (Å²) in [6.45, 7) is 21.0. The van der Waals surface area contributed by atoms with Crippen molar-refractivity contribution in [3.63, 3.8) is 0 Å². The van der Waals surface area contributed by atoms with Crippen LogP contribution in [0.15, 0.2) is 36.7 Å². The molecule has 138 valence electrons. The number of unbranched alkanes of at least 4 members (excludes halogenated alkanes) is 1. The second kappa shape index (κ2) is 8.12. The minimum Gasteiger partial charge on any atom is -0.346 e. The Kier molecular flexibility index (Phi) is 6.60. The topological polar surface area (TPSA) is 6.48 Å². The Morgan fingerprint density at radius 3 is 2.04 bits per heavy atom. The van der Waals surface area contributed by atoms with Gasteiger partial charge in [0.25, 0.3) is 0 Å². The lowest BCUT2D eigenvalue weighted by Crippen LogP contribution is -2.25. The molecule has 2 nitrogen and oxygen atoms in total. The number of hydrogen-bond acceptors (Lipinski definition) is 2. The van der Waals surface area contributed by atoms with Crippen LogP contribution in [0.2, 0.25) is 0 Å². The van der Waals surface area contributed by atoms with Crippen molar-refractivity contribution in [3.05, 3.63) is 48.9 Å². The van der Waals surface area contributed by atoms with E-state index in [4.69, 9.17) is 0 Å². The number of hydrogen-bond donors (Lipinski definition) is 0. The maximum atomic E-state index is 3.41. The van der Waals surface area contributed by atoms with Crippen LogP contribution in [0.4, 0.5) is 5.69 Å². The van der Waals surface area contributed by atoms with Crippen LogP contribution < -0.4 is 4.90 Å². The monoisotopic (exact) mass is 358 g/mol. The van der Waals surface area contributed by atoms with Gasteiger partial charge in [0.05, 0.1) is 0 Å². The lowest BCUT2D eigenvalue weighted by molar-refractivity contribution is 0.452. The molecule has 0 atom stereocenters. The third-order valence-corrected chi connectivity index (χ3v) is 8.48. The summed E-state index contributed by atoms with van der Waals surface area (Å²) in [7, 11) is -0.104. The molecule has 1 aromatic rings. The van der Waals surface area contributed by atoms with Crippen LogP contribution >= 0.6 is 7.92 Å². The molecule has 0 fully saturated rings. The van der Waals surface area contributed by atoms with E-state index in [1.54, 1.807) is 0 Å². The van der Waals surface area contributed by atoms with Crippen LogP contribution in [0.25, 0.3) is 0 Å². The Balaban J connectivity index is 2.02. The van der Waals surface area contributed by atoms with Gasteiger partial charge in [0.2, 0.25) is 6.67 Å². The van der Waals surface area contributed by atoms with E-state index in [0.29, 0.717) is 10.3 Å². The molecule has 0 aliphatic carbocycles. The molecule has 0 aromatic heterocycles. The fourth-order valence-corrected chi connectivity index (χ4v) is 6.91. The molecule has 1 aromatic carbocycles. The summed E-state index contributed by atoms with van der Waals surface area (Å²) in [5.41, 5.74) is 2.64. The first kappa shape index (κ1) is 20.3. The Bertz CT molecular complexity index is 549. The minimum absolute atomic E-state index is 0.104. The number of nitrogens with zero attached hydrogens (tertiary/aromatic N) is 2. The van der Waals surface area contributed by atoms with Crippen LogP contribution in [0.5, 0.6) is 0 Å². The lowest BCUT2D eigenvalue weighted by Gasteiger charge is -2.41. The van der Waals surface area contributed by atoms with Crippen LogP contribution in [0, 0.1) is 6.67 Å². The summed E-state index contributed by atoms with van der Waals surface area (Å²) < 4.78 is 0. The highest BCUT2D eigenvalue weighted by atomic mass is 31.1. The molecule has 25 heavy (non-hydrogen) atoms. The van der Waals surface area contributed by atoms with Crippen molar-refractivity contribution in [1.82, 2.24) is 4.90 Å². The molecular formula is C22H35N2P. The van der Waals surface area contributed by atoms with Crippen LogP contribution in [0.3, 0.4) is 0 Å². The smallest absolute Gasteiger partial charge is 0.212 e. The zero-order valence-corrected chi connectivity index (χ0v) is 18.0. The van der Waals surface area contributed by atoms with E-state index < -0.39 is 0 Å². The number of anilines is 1. The highest BCUT2D eigenvalue weighted by Crippen LogP contribution is 2.61. The number of rotatable bonds is 6. The van der Waals surface area contributed by atoms with E-state index in [1.807, 2.05) is 0 Å². The first-order valence-electron chi connectivity index (χ1n) is 9.48. The van der Waals surface area contributed by atoms with E-state index >= 15 is 0 Å². The van der Waals surface area contributed by atoms with E-state index in [-0.39, 0.29) is 7.92 Å². The van der Waals surface area contributed by atoms with Gasteiger partial charge in [0.1, 0.15) is 0 Å². The molecule has 0 amide bonds. The first-order valence-corrected chi connectivity index (χ1v) is 11.0. The normalized spacial score (nSPS) is 15.5. The summed E-state index contributed by atoms with van der Waals surface area (Å²) in [5.74, 6) is 0. The second-order valence-corrected chi connectivity index (χ2v) is 12.8. The fraction of sp³-hybridized carbons (Fsp3) is 0.591. The molecule has 0 N–H and O–H groups in total. The van der Waals surface area contributed by atoms with Crippen molar-refractivity contribution in [3.8, 4) is 0 Å². The van der Waals surface area contributed by atoms with Gasteiger partial charge in [-0.15, -0.1) is 0 Å². The molecule has 1 heterocycles. The van der Waals surface area contributed by atoms with Gasteiger partial charge < -0.3 is 9.80 Å². The van der Waals surface area contributed by atoms with E-state index in [1.165, 1.54) is 30.3 Å². The highest BCUT2D eigenvalue weighted by Gasteiger charge is 2.34. The molecule has 0 spiro atoms. The molecule has 1 aliphatic heterocycles. The molecule has 1 aliphatic rings. The molecule has 0 saturated carbocycles. The predicted molar refractivity (Wildman–Crippen MR) is 113 cm³/mol. The molecule has 0 bridgehead atoms. The van der Waals surface area contributed by atoms with E-state index in [9.17, 15) is 0 Å². The van der Waals surface area contributed by atoms with Gasteiger partial charge in [0.15, 0.2) is 0 Å². The predicted octanol–water partition coefficient (Wildman–Crippen LogP) is 6.66. The van der Waals surface area contributed by atoms with Crippen molar-refractivity contribution in [2.24, 2.45) is 0 Å². The average molecular weight is 359 g/mol. The zero-order valence-electron chi connectivity index (χ0n) is 17.1. The van der Waals surface area contributed by atoms with Gasteiger partial charge in [-0.25, -0.2) is 0 Å². The Labute approximate surface area is 157 Å². The van der Waals surface area contributed by atoms with Crippen LogP contribution in [-0.2, 0) is 6.16 Å². The first-order chi connectivity index (χ1) is 11.6. The lowest BCUT2D eigenvalue weighted by atomic mass is 10.2. The summed E-state index contributed by atoms with van der Waals surface area (Å²) in [6, 6.07) is 9.06. The van der Waals surface area contributed by atoms with Crippen molar-refractivity contribution < 1.29 is 0 Å². The summed E-state index contributed by atoms with van der Waals surface area (Å²) in [4.78, 5) is 4.24. The molecule has 2 radical (unpaired) electrons. The average Bonchev–Trinajstić information content (AvgIpc) is 2.98. The second-order valence-electron chi connectivity index (χ2n) is 8.91. The van der Waals surface area contributed by atoms with Crippen LogP contribution in [0.1, 0.15) is 66.9 Å². The Morgan fingerprint density at radius 1 is 0.920 bits per heavy atom. The van der Waals surface area contributed by atoms with Gasteiger partial charge in [-0.05, 0) is 40.6 Å². The van der Waals surface area contributed by atoms with Gasteiger partial charge >= 0.3 is 0 Å². The molecule has 3 heteroatoms. The Morgan fingerprint density at radius 2 is 1.52 bits per heavy atom. The third-order valence-electron chi connectivity index (χ3n) is 4.56. The number of benzene rings is 1. The molecular weight excluding hydrogens is 323 g/mol. The SMILES string of the molecule is CCCCN1[C]N(c2ccc(CP(C(C)(C)C)C(C)(C)C)cc2)C=C1. The standard InChI is InChI=1S/C22H35N2P/c1-8-9-14-23-15-16-24(18-23)20-12-10-19(11-13-20)17-25(21(2,3)4)22(5,6)7/h10-13,15-16H,8-9,14,17H2,1-7H3. The molecule has 2 rings (SSSR count). The fourth-order valence-electron chi connectivity index (χ4n) is 3.37. The highest BCUT2D eigenvalue weighted by molar-refractivity contribution is 7.60. The summed E-state index contributed by atoms with van der Waals surface area (Å²) >= 11 is 0. The van der Waals surface area contributed by atoms with Gasteiger partial charge in [-0.3, -0.25) is 0 Å². The van der Waals surface area contributed by atoms with Gasteiger partial charge in [0, 0.05) is 24.6 Å². The van der Waals surface area contributed by atoms with Crippen molar-refractivity contribution in [2.75, 3.05) is 11.4 Å². The maximum Gasteiger partial charge on any atom is 0.212 e. The van der Waals surface area contributed by atoms with Gasteiger partial charge in [-0.2, -0.15) is 0 Å². The van der Waals surface area contributed by atoms with E-state index in [2.05, 4.69) is 102 Å².